The van der Waals surface area contributed by atoms with Crippen molar-refractivity contribution in [1.82, 2.24) is 29.9 Å². The molecule has 0 spiro atoms. The van der Waals surface area contributed by atoms with E-state index in [4.69, 9.17) is 27.1 Å². The molecule has 4 N–H and O–H groups in total. The van der Waals surface area contributed by atoms with Crippen molar-refractivity contribution in [2.75, 3.05) is 31.6 Å². The summed E-state index contributed by atoms with van der Waals surface area (Å²) in [5.74, 6) is -0.808. The Labute approximate surface area is 327 Å². The molecule has 3 aliphatic heterocycles. The molecule has 286 valence electrons. The zero-order valence-electron chi connectivity index (χ0n) is 31.6. The smallest absolute Gasteiger partial charge is 0.254 e. The second-order valence-corrected chi connectivity index (χ2v) is 15.4. The van der Waals surface area contributed by atoms with Crippen molar-refractivity contribution in [2.24, 2.45) is 5.73 Å². The van der Waals surface area contributed by atoms with Crippen LogP contribution in [0.25, 0.3) is 22.2 Å². The number of benzene rings is 3. The van der Waals surface area contributed by atoms with Gasteiger partial charge in [-0.2, -0.15) is 5.10 Å². The van der Waals surface area contributed by atoms with Crippen LogP contribution in [0.2, 0.25) is 5.02 Å². The fourth-order valence-electron chi connectivity index (χ4n) is 8.48. The van der Waals surface area contributed by atoms with Crippen LogP contribution < -0.4 is 16.4 Å². The molecular weight excluding hydrogens is 712 g/mol. The third-order valence-electron chi connectivity index (χ3n) is 11.4. The molecule has 2 amide bonds. The van der Waals surface area contributed by atoms with Gasteiger partial charge < -0.3 is 26.0 Å². The Morgan fingerprint density at radius 3 is 2.58 bits per heavy atom. The number of halogens is 1. The lowest BCUT2D eigenvalue weighted by Crippen LogP contribution is -2.42. The van der Waals surface area contributed by atoms with E-state index in [0.29, 0.717) is 55.4 Å². The zero-order chi connectivity index (χ0) is 38.1. The maximum absolute atomic E-state index is 14.7. The Bertz CT molecular complexity index is 2220. The molecule has 3 fully saturated rings. The molecule has 0 radical (unpaired) electrons. The van der Waals surface area contributed by atoms with Crippen molar-refractivity contribution < 1.29 is 14.3 Å². The lowest BCUT2D eigenvalue weighted by atomic mass is 9.99. The fraction of sp³-hybridized carbons (Fsp3) is 0.395. The summed E-state index contributed by atoms with van der Waals surface area (Å²) in [7, 11) is 0. The van der Waals surface area contributed by atoms with Gasteiger partial charge in [-0.1, -0.05) is 48.9 Å². The second-order valence-electron chi connectivity index (χ2n) is 15.0. The van der Waals surface area contributed by atoms with Crippen LogP contribution in [0.15, 0.2) is 72.9 Å². The molecule has 12 heteroatoms. The van der Waals surface area contributed by atoms with Gasteiger partial charge in [-0.05, 0) is 85.7 Å². The molecule has 5 aromatic rings. The highest BCUT2D eigenvalue weighted by atomic mass is 35.5. The van der Waals surface area contributed by atoms with E-state index in [1.54, 1.807) is 24.3 Å². The number of rotatable bonds is 13. The molecule has 8 rings (SSSR count). The Morgan fingerprint density at radius 2 is 1.84 bits per heavy atom. The third kappa shape index (κ3) is 7.84. The van der Waals surface area contributed by atoms with Crippen molar-refractivity contribution in [3.63, 3.8) is 0 Å². The third-order valence-corrected chi connectivity index (χ3v) is 11.7. The number of fused-ring (bicyclic) bond motifs is 3. The minimum absolute atomic E-state index is 0.205. The number of likely N-dealkylation sites (tertiary alicyclic amines) is 1. The number of nitrogens with one attached hydrogen (secondary N) is 2. The van der Waals surface area contributed by atoms with Crippen molar-refractivity contribution in [1.29, 1.82) is 0 Å². The van der Waals surface area contributed by atoms with Crippen LogP contribution in [-0.2, 0) is 37.3 Å². The maximum atomic E-state index is 14.7. The normalized spacial score (nSPS) is 18.6. The van der Waals surface area contributed by atoms with Gasteiger partial charge in [0.25, 0.3) is 5.91 Å². The van der Waals surface area contributed by atoms with Crippen LogP contribution in [0.3, 0.4) is 0 Å². The number of nitrogens with zero attached hydrogens (tertiary/aromatic N) is 5. The van der Waals surface area contributed by atoms with E-state index >= 15 is 0 Å². The number of hydrogen-bond acceptors (Lipinski definition) is 8. The lowest BCUT2D eigenvalue weighted by molar-refractivity contribution is 0.0730. The topological polar surface area (TPSA) is 131 Å². The zero-order valence-corrected chi connectivity index (χ0v) is 32.3. The summed E-state index contributed by atoms with van der Waals surface area (Å²) < 4.78 is 7.61. The molecule has 0 aliphatic carbocycles. The maximum Gasteiger partial charge on any atom is 0.254 e. The van der Waals surface area contributed by atoms with Gasteiger partial charge in [-0.25, -0.2) is 9.67 Å². The van der Waals surface area contributed by atoms with Crippen LogP contribution in [0.1, 0.15) is 76.2 Å². The molecule has 5 heterocycles. The quantitative estimate of drug-likeness (QED) is 0.126. The van der Waals surface area contributed by atoms with Crippen LogP contribution in [-0.4, -0.2) is 80.8 Å². The van der Waals surface area contributed by atoms with Crippen LogP contribution in [0, 0.1) is 0 Å². The number of ether oxygens (including phenoxy) is 1. The van der Waals surface area contributed by atoms with Crippen molar-refractivity contribution in [2.45, 2.75) is 83.8 Å². The number of aryl methyl sites for hydroxylation is 2. The molecule has 0 saturated carbocycles. The summed E-state index contributed by atoms with van der Waals surface area (Å²) in [5, 5.41) is 13.7. The summed E-state index contributed by atoms with van der Waals surface area (Å²) in [6.07, 6.45) is 5.51. The van der Waals surface area contributed by atoms with Gasteiger partial charge >= 0.3 is 0 Å². The van der Waals surface area contributed by atoms with Gasteiger partial charge in [0.1, 0.15) is 0 Å². The van der Waals surface area contributed by atoms with Gasteiger partial charge in [0.15, 0.2) is 5.65 Å². The number of hydrogen-bond donors (Lipinski definition) is 3. The SMILES string of the molecule is CCc1nc2c(cnn2CC)c(NC2CCOCC2)c1CN(Cc1ccc(Cl)c(-c2cccc(CN3C[C@@H]4C[C@H]3CN4)c2)c1)C(=O)c1cccc(C(N)=O)c1. The highest BCUT2D eigenvalue weighted by molar-refractivity contribution is 6.33. The fourth-order valence-corrected chi connectivity index (χ4v) is 8.71. The summed E-state index contributed by atoms with van der Waals surface area (Å²) in [6.45, 7) is 9.82. The first-order valence-electron chi connectivity index (χ1n) is 19.5. The lowest BCUT2D eigenvalue weighted by Gasteiger charge is -2.29. The molecule has 3 aliphatic rings. The average Bonchev–Trinajstić information content (AvgIpc) is 3.95. The number of piperazine rings is 1. The van der Waals surface area contributed by atoms with Gasteiger partial charge in [-0.15, -0.1) is 0 Å². The first-order chi connectivity index (χ1) is 26.8. The number of carbonyl (C=O) groups is 2. The predicted octanol–water partition coefficient (Wildman–Crippen LogP) is 6.41. The van der Waals surface area contributed by atoms with Crippen molar-refractivity contribution in [3.05, 3.63) is 111 Å². The molecule has 2 bridgehead atoms. The second kappa shape index (κ2) is 16.1. The van der Waals surface area contributed by atoms with Crippen LogP contribution in [0.4, 0.5) is 5.69 Å². The highest BCUT2D eigenvalue weighted by Crippen LogP contribution is 2.35. The predicted molar refractivity (Wildman–Crippen MR) is 216 cm³/mol. The minimum Gasteiger partial charge on any atom is -0.381 e. The minimum atomic E-state index is -0.585. The van der Waals surface area contributed by atoms with Crippen molar-refractivity contribution >= 4 is 40.1 Å². The number of nitrogens with two attached hydrogens (primary N) is 1. The van der Waals surface area contributed by atoms with Gasteiger partial charge in [0.05, 0.1) is 23.8 Å². The first-order valence-corrected chi connectivity index (χ1v) is 19.9. The standard InChI is InChI=1S/C43H49ClN8O3/c1-3-39-37(40(48-32-13-15-55-16-14-32)36-22-47-52(4-2)42(36)49-39)26-51(43(54)31-10-6-9-30(19-31)41(45)53)24-28-11-12-38(44)35(18-28)29-8-5-7-27(17-29)23-50-25-33-20-34(50)21-46-33/h5-12,17-19,22,32-34,46H,3-4,13-16,20-21,23-26H2,1-2H3,(H2,45,53)(H,48,49)/t33-,34-/m0/s1. The molecule has 3 aromatic carbocycles. The molecule has 3 saturated heterocycles. The number of pyridine rings is 1. The van der Waals surface area contributed by atoms with E-state index in [-0.39, 0.29) is 24.1 Å². The monoisotopic (exact) mass is 760 g/mol. The average molecular weight is 761 g/mol. The Kier molecular flexibility index (Phi) is 10.9. The highest BCUT2D eigenvalue weighted by Gasteiger charge is 2.37. The van der Waals surface area contributed by atoms with Crippen molar-refractivity contribution in [3.8, 4) is 11.1 Å². The molecule has 0 unspecified atom stereocenters. The molecule has 11 nitrogen and oxygen atoms in total. The summed E-state index contributed by atoms with van der Waals surface area (Å²) in [4.78, 5) is 36.4. The summed E-state index contributed by atoms with van der Waals surface area (Å²) in [5.41, 5.74) is 14.1. The number of anilines is 1. The number of aromatic nitrogens is 3. The Morgan fingerprint density at radius 1 is 1.02 bits per heavy atom. The number of carbonyl (C=O) groups excluding carboxylic acids is 2. The van der Waals surface area contributed by atoms with E-state index in [1.807, 2.05) is 27.9 Å². The van der Waals surface area contributed by atoms with E-state index < -0.39 is 5.91 Å². The Balaban J connectivity index is 1.17. The van der Waals surface area contributed by atoms with Crippen LogP contribution in [0.5, 0.6) is 0 Å². The Hall–Kier alpha value is -4.81. The van der Waals surface area contributed by atoms with E-state index in [0.717, 1.165) is 77.1 Å². The molecule has 2 aromatic heterocycles. The molecule has 2 atom stereocenters. The molecular formula is C43H49ClN8O3. The van der Waals surface area contributed by atoms with E-state index in [9.17, 15) is 9.59 Å². The first kappa shape index (κ1) is 37.1. The number of primary amides is 1. The molecule has 55 heavy (non-hydrogen) atoms. The van der Waals surface area contributed by atoms with Crippen LogP contribution >= 0.6 is 11.6 Å². The van der Waals surface area contributed by atoms with Gasteiger partial charge in [-0.3, -0.25) is 14.5 Å². The number of amides is 2. The van der Waals surface area contributed by atoms with Gasteiger partial charge in [0, 0.05) is 97.0 Å². The van der Waals surface area contributed by atoms with E-state index in [2.05, 4.69) is 64.8 Å². The van der Waals surface area contributed by atoms with Gasteiger partial charge in [0.2, 0.25) is 5.91 Å². The summed E-state index contributed by atoms with van der Waals surface area (Å²) in [6, 6.07) is 22.7. The van der Waals surface area contributed by atoms with E-state index in [1.165, 1.54) is 12.0 Å². The largest absolute Gasteiger partial charge is 0.381 e. The summed E-state index contributed by atoms with van der Waals surface area (Å²) >= 11 is 6.92.